The van der Waals surface area contributed by atoms with Gasteiger partial charge in [0.05, 0.1) is 25.4 Å². The molecular weight excluding hydrogens is 947 g/mol. The number of hydrogen-bond donors (Lipinski definition) is 6. The average molecular weight is 1060 g/mol. The van der Waals surface area contributed by atoms with Crippen LogP contribution >= 0.6 is 0 Å². The third kappa shape index (κ3) is 43.8. The van der Waals surface area contributed by atoms with Crippen LogP contribution in [0.5, 0.6) is 0 Å². The van der Waals surface area contributed by atoms with Gasteiger partial charge in [-0.2, -0.15) is 0 Å². The number of allylic oxidation sites excluding steroid dienone is 17. The molecule has 1 fully saturated rings. The maximum Gasteiger partial charge on any atom is 0.220 e. The standard InChI is InChI=1S/C67H115NO8/c1-3-5-7-9-11-13-15-17-19-21-23-25-27-28-29-30-31-32-33-34-35-37-39-41-43-45-47-49-51-53-55-57-63(71)68-60(59-75-67-66(74)65(73)64(72)62(58-69)76-67)61(70)56-54-52-50-48-46-44-42-40-38-36-26-24-22-20-18-16-14-12-10-8-6-4-2/h5,7,11,13,17,19,23,25,28-29,31-32,34-35,46,48,54,56,60-62,64-67,69-70,72-74H,3-4,6,8-10,12,14-16,18,20-22,24,26-27,30,33,36-45,47,49-53,55,57-59H2,1-2H3,(H,68,71)/b7-5-,13-11-,19-17-,25-23-,29-28-,32-31-,35-34-,48-46+,56-54+. The van der Waals surface area contributed by atoms with E-state index < -0.39 is 49.5 Å². The molecule has 9 nitrogen and oxygen atoms in total. The molecule has 0 radical (unpaired) electrons. The molecule has 1 rings (SSSR count). The Balaban J connectivity index is 2.23. The van der Waals surface area contributed by atoms with E-state index in [9.17, 15) is 30.3 Å². The van der Waals surface area contributed by atoms with Crippen molar-refractivity contribution in [3.05, 3.63) is 109 Å². The summed E-state index contributed by atoms with van der Waals surface area (Å²) in [6, 6.07) is -0.834. The highest BCUT2D eigenvalue weighted by atomic mass is 16.7. The number of aliphatic hydroxyl groups excluding tert-OH is 5. The number of unbranched alkanes of at least 4 members (excludes halogenated alkanes) is 26. The minimum atomic E-state index is -1.58. The highest BCUT2D eigenvalue weighted by molar-refractivity contribution is 5.76. The second-order valence-corrected chi connectivity index (χ2v) is 21.1. The molecule has 9 heteroatoms. The monoisotopic (exact) mass is 1060 g/mol. The molecule has 0 aromatic carbocycles. The molecule has 1 heterocycles. The molecule has 1 aliphatic rings. The number of carbonyl (C=O) groups excluding carboxylic acids is 1. The molecule has 0 aromatic heterocycles. The Labute approximate surface area is 466 Å². The van der Waals surface area contributed by atoms with Gasteiger partial charge in [-0.05, 0) is 89.9 Å². The summed E-state index contributed by atoms with van der Waals surface area (Å²) in [5.74, 6) is -0.196. The van der Waals surface area contributed by atoms with Crippen LogP contribution in [0, 0.1) is 0 Å². The molecule has 0 saturated carbocycles. The topological polar surface area (TPSA) is 149 Å². The van der Waals surface area contributed by atoms with E-state index in [-0.39, 0.29) is 12.5 Å². The van der Waals surface area contributed by atoms with Crippen LogP contribution in [-0.4, -0.2) is 87.5 Å². The average Bonchev–Trinajstić information content (AvgIpc) is 3.42. The fourth-order valence-corrected chi connectivity index (χ4v) is 9.21. The van der Waals surface area contributed by atoms with Crippen LogP contribution in [0.2, 0.25) is 0 Å². The van der Waals surface area contributed by atoms with Crippen molar-refractivity contribution in [2.75, 3.05) is 13.2 Å². The number of aliphatic hydroxyl groups is 5. The first-order valence-electron chi connectivity index (χ1n) is 31.1. The van der Waals surface area contributed by atoms with Crippen LogP contribution in [0.4, 0.5) is 0 Å². The van der Waals surface area contributed by atoms with Crippen molar-refractivity contribution in [3.8, 4) is 0 Å². The minimum absolute atomic E-state index is 0.196. The first-order chi connectivity index (χ1) is 37.3. The van der Waals surface area contributed by atoms with E-state index in [1.165, 1.54) is 135 Å². The lowest BCUT2D eigenvalue weighted by molar-refractivity contribution is -0.302. The van der Waals surface area contributed by atoms with Gasteiger partial charge >= 0.3 is 0 Å². The molecule has 7 atom stereocenters. The van der Waals surface area contributed by atoms with Crippen molar-refractivity contribution in [1.82, 2.24) is 5.32 Å². The fourth-order valence-electron chi connectivity index (χ4n) is 9.21. The molecule has 0 aromatic rings. The molecule has 1 saturated heterocycles. The van der Waals surface area contributed by atoms with Crippen LogP contribution in [0.1, 0.15) is 251 Å². The number of rotatable bonds is 52. The van der Waals surface area contributed by atoms with E-state index >= 15 is 0 Å². The fraction of sp³-hybridized carbons (Fsp3) is 0.716. The Bertz CT molecular complexity index is 1560. The molecule has 7 unspecified atom stereocenters. The van der Waals surface area contributed by atoms with Crippen molar-refractivity contribution < 1.29 is 39.8 Å². The van der Waals surface area contributed by atoms with Crippen molar-refractivity contribution in [2.45, 2.75) is 294 Å². The van der Waals surface area contributed by atoms with Gasteiger partial charge in [-0.15, -0.1) is 0 Å². The van der Waals surface area contributed by atoms with E-state index in [0.29, 0.717) is 6.42 Å². The largest absolute Gasteiger partial charge is 0.394 e. The predicted octanol–water partition coefficient (Wildman–Crippen LogP) is 16.1. The number of ether oxygens (including phenoxy) is 2. The van der Waals surface area contributed by atoms with Gasteiger partial charge in [0.2, 0.25) is 5.91 Å². The molecule has 436 valence electrons. The molecule has 6 N–H and O–H groups in total. The molecule has 0 bridgehead atoms. The van der Waals surface area contributed by atoms with Gasteiger partial charge in [0.25, 0.3) is 0 Å². The van der Waals surface area contributed by atoms with Crippen molar-refractivity contribution in [3.63, 3.8) is 0 Å². The SMILES string of the molecule is CC/C=C\C/C=C\C/C=C\C/C=C\C/C=C\C/C=C\C/C=C\CCCCCCCCCCCC(=O)NC(COC1OC(CO)C(O)C(O)C1O)C(O)/C=C/CC/C=C/CCCCCCCCCCCCCCCCCC. The van der Waals surface area contributed by atoms with Crippen LogP contribution in [0.25, 0.3) is 0 Å². The summed E-state index contributed by atoms with van der Waals surface area (Å²) in [4.78, 5) is 13.1. The Morgan fingerprint density at radius 2 is 0.829 bits per heavy atom. The second-order valence-electron chi connectivity index (χ2n) is 21.1. The molecule has 76 heavy (non-hydrogen) atoms. The quantitative estimate of drug-likeness (QED) is 0.0261. The summed E-state index contributed by atoms with van der Waals surface area (Å²) in [5.41, 5.74) is 0. The normalized spacial score (nSPS) is 19.6. The van der Waals surface area contributed by atoms with Gasteiger partial charge in [0.1, 0.15) is 24.4 Å². The third-order valence-electron chi connectivity index (χ3n) is 14.1. The Hall–Kier alpha value is -3.15. The zero-order chi connectivity index (χ0) is 55.0. The predicted molar refractivity (Wildman–Crippen MR) is 322 cm³/mol. The molecular formula is C67H115NO8. The number of nitrogens with one attached hydrogen (secondary N) is 1. The van der Waals surface area contributed by atoms with Crippen molar-refractivity contribution in [1.29, 1.82) is 0 Å². The van der Waals surface area contributed by atoms with Gasteiger partial charge in [-0.25, -0.2) is 0 Å². The van der Waals surface area contributed by atoms with E-state index in [1.807, 2.05) is 6.08 Å². The van der Waals surface area contributed by atoms with E-state index in [2.05, 4.69) is 116 Å². The van der Waals surface area contributed by atoms with Gasteiger partial charge in [0.15, 0.2) is 6.29 Å². The maximum absolute atomic E-state index is 13.1. The van der Waals surface area contributed by atoms with Crippen molar-refractivity contribution in [2.24, 2.45) is 0 Å². The highest BCUT2D eigenvalue weighted by Gasteiger charge is 2.44. The number of amides is 1. The zero-order valence-corrected chi connectivity index (χ0v) is 48.5. The summed E-state index contributed by atoms with van der Waals surface area (Å²) in [6.45, 7) is 3.66. The molecule has 0 aliphatic carbocycles. The zero-order valence-electron chi connectivity index (χ0n) is 48.5. The lowest BCUT2D eigenvalue weighted by Gasteiger charge is -2.40. The van der Waals surface area contributed by atoms with E-state index in [0.717, 1.165) is 96.3 Å². The van der Waals surface area contributed by atoms with E-state index in [1.54, 1.807) is 6.08 Å². The van der Waals surface area contributed by atoms with Crippen LogP contribution in [0.15, 0.2) is 109 Å². The summed E-state index contributed by atoms with van der Waals surface area (Å²) in [7, 11) is 0. The summed E-state index contributed by atoms with van der Waals surface area (Å²) in [6.07, 6.45) is 74.4. The van der Waals surface area contributed by atoms with E-state index in [4.69, 9.17) is 9.47 Å². The number of carbonyl (C=O) groups is 1. The van der Waals surface area contributed by atoms with Crippen LogP contribution < -0.4 is 5.32 Å². The van der Waals surface area contributed by atoms with Gasteiger partial charge in [0, 0.05) is 6.42 Å². The van der Waals surface area contributed by atoms with Gasteiger partial charge < -0.3 is 40.3 Å². The lowest BCUT2D eigenvalue weighted by Crippen LogP contribution is -2.60. The summed E-state index contributed by atoms with van der Waals surface area (Å²) in [5, 5.41) is 54.6. The molecule has 1 amide bonds. The Kier molecular flexibility index (Phi) is 51.4. The molecule has 1 aliphatic heterocycles. The third-order valence-corrected chi connectivity index (χ3v) is 14.1. The summed E-state index contributed by atoms with van der Waals surface area (Å²) < 4.78 is 11.3. The Morgan fingerprint density at radius 3 is 1.26 bits per heavy atom. The smallest absolute Gasteiger partial charge is 0.220 e. The maximum atomic E-state index is 13.1. The lowest BCUT2D eigenvalue weighted by atomic mass is 9.99. The molecule has 0 spiro atoms. The van der Waals surface area contributed by atoms with Crippen molar-refractivity contribution >= 4 is 5.91 Å². The minimum Gasteiger partial charge on any atom is -0.394 e. The first-order valence-corrected chi connectivity index (χ1v) is 31.1. The number of hydrogen-bond acceptors (Lipinski definition) is 8. The summed E-state index contributed by atoms with van der Waals surface area (Å²) >= 11 is 0. The van der Waals surface area contributed by atoms with Gasteiger partial charge in [-0.3, -0.25) is 4.79 Å². The first kappa shape index (κ1) is 70.9. The Morgan fingerprint density at radius 1 is 0.461 bits per heavy atom. The van der Waals surface area contributed by atoms with Crippen LogP contribution in [-0.2, 0) is 14.3 Å². The van der Waals surface area contributed by atoms with Gasteiger partial charge in [-0.1, -0.05) is 264 Å². The van der Waals surface area contributed by atoms with Crippen LogP contribution in [0.3, 0.4) is 0 Å². The highest BCUT2D eigenvalue weighted by Crippen LogP contribution is 2.23. The second kappa shape index (κ2) is 55.2.